The van der Waals surface area contributed by atoms with Crippen LogP contribution in [0.2, 0.25) is 0 Å². The van der Waals surface area contributed by atoms with Crippen molar-refractivity contribution >= 4 is 29.3 Å². The molecule has 1 aromatic rings. The van der Waals surface area contributed by atoms with E-state index in [0.717, 1.165) is 16.3 Å². The summed E-state index contributed by atoms with van der Waals surface area (Å²) in [4.78, 5) is 23.6. The van der Waals surface area contributed by atoms with E-state index in [9.17, 15) is 9.59 Å². The maximum Gasteiger partial charge on any atom is 0.307 e. The Kier molecular flexibility index (Phi) is 4.27. The molecule has 0 aliphatic heterocycles. The van der Waals surface area contributed by atoms with E-state index in [-0.39, 0.29) is 5.91 Å². The summed E-state index contributed by atoms with van der Waals surface area (Å²) in [6.07, 6.45) is 2.23. The normalized spacial score (nSPS) is 20.6. The molecule has 1 aromatic carbocycles. The second-order valence-corrected chi connectivity index (χ2v) is 5.43. The second-order valence-electron chi connectivity index (χ2n) is 4.37. The van der Waals surface area contributed by atoms with Gasteiger partial charge in [0, 0.05) is 10.6 Å². The number of para-hydroxylation sites is 1. The van der Waals surface area contributed by atoms with Crippen LogP contribution in [0.25, 0.3) is 0 Å². The molecule has 0 aromatic heterocycles. The summed E-state index contributed by atoms with van der Waals surface area (Å²) in [6, 6.07) is 7.49. The smallest absolute Gasteiger partial charge is 0.307 e. The first-order chi connectivity index (χ1) is 9.13. The standard InChI is InChI=1S/C14H15NO3S/c1-2-7-19-12-6-4-3-5-11(12)15-13(16)9-8-10(9)14(17)18/h2-6,9-10H,1,7-8H2,(H,15,16)(H,17,18). The van der Waals surface area contributed by atoms with Crippen LogP contribution in [0, 0.1) is 11.8 Å². The molecule has 1 aliphatic carbocycles. The summed E-state index contributed by atoms with van der Waals surface area (Å²) in [6.45, 7) is 3.66. The van der Waals surface area contributed by atoms with Gasteiger partial charge in [-0.3, -0.25) is 9.59 Å². The van der Waals surface area contributed by atoms with Gasteiger partial charge in [0.05, 0.1) is 17.5 Å². The SMILES string of the molecule is C=CCSc1ccccc1NC(=O)C1CC1C(=O)O. The molecular weight excluding hydrogens is 262 g/mol. The number of hydrogen-bond acceptors (Lipinski definition) is 3. The van der Waals surface area contributed by atoms with Gasteiger partial charge in [-0.15, -0.1) is 18.3 Å². The van der Waals surface area contributed by atoms with Gasteiger partial charge in [0.15, 0.2) is 0 Å². The van der Waals surface area contributed by atoms with Crippen molar-refractivity contribution in [3.8, 4) is 0 Å². The van der Waals surface area contributed by atoms with Crippen molar-refractivity contribution in [3.63, 3.8) is 0 Å². The third kappa shape index (κ3) is 3.38. The fourth-order valence-electron chi connectivity index (χ4n) is 1.83. The van der Waals surface area contributed by atoms with Crippen molar-refractivity contribution < 1.29 is 14.7 Å². The highest BCUT2D eigenvalue weighted by molar-refractivity contribution is 7.99. The van der Waals surface area contributed by atoms with Gasteiger partial charge in [0.25, 0.3) is 0 Å². The molecule has 1 aliphatic rings. The molecular formula is C14H15NO3S. The molecule has 5 heteroatoms. The lowest BCUT2D eigenvalue weighted by Crippen LogP contribution is -2.17. The number of carbonyl (C=O) groups is 2. The minimum atomic E-state index is -0.894. The Morgan fingerprint density at radius 2 is 2.16 bits per heavy atom. The molecule has 1 amide bonds. The lowest BCUT2D eigenvalue weighted by molar-refractivity contribution is -0.139. The number of hydrogen-bond donors (Lipinski definition) is 2. The fourth-order valence-corrected chi connectivity index (χ4v) is 2.57. The summed E-state index contributed by atoms with van der Waals surface area (Å²) in [5, 5.41) is 11.6. The maximum atomic E-state index is 11.9. The lowest BCUT2D eigenvalue weighted by atomic mass is 10.2. The van der Waals surface area contributed by atoms with Crippen molar-refractivity contribution in [1.29, 1.82) is 0 Å². The molecule has 2 unspecified atom stereocenters. The minimum absolute atomic E-state index is 0.209. The Bertz CT molecular complexity index is 515. The highest BCUT2D eigenvalue weighted by atomic mass is 32.2. The van der Waals surface area contributed by atoms with Crippen LogP contribution in [0.3, 0.4) is 0 Å². The topological polar surface area (TPSA) is 66.4 Å². The lowest BCUT2D eigenvalue weighted by Gasteiger charge is -2.09. The number of amides is 1. The Hall–Kier alpha value is -1.75. The predicted octanol–water partition coefficient (Wildman–Crippen LogP) is 2.62. The van der Waals surface area contributed by atoms with Crippen molar-refractivity contribution in [2.24, 2.45) is 11.8 Å². The molecule has 0 radical (unpaired) electrons. The van der Waals surface area contributed by atoms with Gasteiger partial charge in [-0.1, -0.05) is 18.2 Å². The summed E-state index contributed by atoms with van der Waals surface area (Å²) >= 11 is 1.58. The summed E-state index contributed by atoms with van der Waals surface area (Å²) in [5.41, 5.74) is 0.732. The van der Waals surface area contributed by atoms with E-state index in [1.54, 1.807) is 17.8 Å². The average Bonchev–Trinajstić information content (AvgIpc) is 3.18. The monoisotopic (exact) mass is 277 g/mol. The Morgan fingerprint density at radius 1 is 1.42 bits per heavy atom. The van der Waals surface area contributed by atoms with Gasteiger partial charge in [-0.2, -0.15) is 0 Å². The number of carboxylic acid groups (broad SMARTS) is 1. The molecule has 1 fully saturated rings. The van der Waals surface area contributed by atoms with E-state index in [0.29, 0.717) is 6.42 Å². The van der Waals surface area contributed by atoms with Crippen LogP contribution in [0.4, 0.5) is 5.69 Å². The number of carboxylic acids is 1. The molecule has 2 N–H and O–H groups in total. The third-order valence-corrected chi connectivity index (χ3v) is 4.02. The molecule has 2 atom stereocenters. The zero-order chi connectivity index (χ0) is 13.8. The summed E-state index contributed by atoms with van der Waals surface area (Å²) in [5.74, 6) is -1.26. The molecule has 1 saturated carbocycles. The molecule has 0 heterocycles. The Labute approximate surface area is 115 Å². The largest absolute Gasteiger partial charge is 0.481 e. The van der Waals surface area contributed by atoms with Gasteiger partial charge in [0.1, 0.15) is 0 Å². The highest BCUT2D eigenvalue weighted by Gasteiger charge is 2.48. The highest BCUT2D eigenvalue weighted by Crippen LogP contribution is 2.40. The molecule has 0 bridgehead atoms. The number of thioether (sulfide) groups is 1. The molecule has 19 heavy (non-hydrogen) atoms. The quantitative estimate of drug-likeness (QED) is 0.619. The van der Waals surface area contributed by atoms with Crippen LogP contribution in [0.15, 0.2) is 41.8 Å². The number of benzene rings is 1. The molecule has 0 saturated heterocycles. The van der Waals surface area contributed by atoms with Crippen molar-refractivity contribution in [2.45, 2.75) is 11.3 Å². The van der Waals surface area contributed by atoms with Gasteiger partial charge >= 0.3 is 5.97 Å². The van der Waals surface area contributed by atoms with E-state index in [4.69, 9.17) is 5.11 Å². The van der Waals surface area contributed by atoms with E-state index in [1.165, 1.54) is 0 Å². The average molecular weight is 277 g/mol. The van der Waals surface area contributed by atoms with E-state index >= 15 is 0 Å². The number of anilines is 1. The van der Waals surface area contributed by atoms with Crippen LogP contribution < -0.4 is 5.32 Å². The number of aliphatic carboxylic acids is 1. The predicted molar refractivity (Wildman–Crippen MR) is 75.2 cm³/mol. The summed E-state index contributed by atoms with van der Waals surface area (Å²) in [7, 11) is 0. The van der Waals surface area contributed by atoms with Gasteiger partial charge in [0.2, 0.25) is 5.91 Å². The first kappa shape index (κ1) is 13.7. The van der Waals surface area contributed by atoms with Crippen LogP contribution in [-0.2, 0) is 9.59 Å². The minimum Gasteiger partial charge on any atom is -0.481 e. The zero-order valence-electron chi connectivity index (χ0n) is 10.3. The van der Waals surface area contributed by atoms with Gasteiger partial charge < -0.3 is 10.4 Å². The number of rotatable bonds is 6. The van der Waals surface area contributed by atoms with Crippen LogP contribution in [-0.4, -0.2) is 22.7 Å². The van der Waals surface area contributed by atoms with Crippen molar-refractivity contribution in [2.75, 3.05) is 11.1 Å². The third-order valence-electron chi connectivity index (χ3n) is 2.95. The summed E-state index contributed by atoms with van der Waals surface area (Å²) < 4.78 is 0. The number of nitrogens with one attached hydrogen (secondary N) is 1. The van der Waals surface area contributed by atoms with E-state index in [1.807, 2.05) is 24.3 Å². The van der Waals surface area contributed by atoms with E-state index in [2.05, 4.69) is 11.9 Å². The first-order valence-electron chi connectivity index (χ1n) is 6.00. The zero-order valence-corrected chi connectivity index (χ0v) is 11.2. The molecule has 100 valence electrons. The first-order valence-corrected chi connectivity index (χ1v) is 6.98. The Morgan fingerprint density at radius 3 is 2.79 bits per heavy atom. The van der Waals surface area contributed by atoms with Crippen LogP contribution in [0.1, 0.15) is 6.42 Å². The second kappa shape index (κ2) is 5.93. The van der Waals surface area contributed by atoms with Crippen molar-refractivity contribution in [1.82, 2.24) is 0 Å². The van der Waals surface area contributed by atoms with Crippen molar-refractivity contribution in [3.05, 3.63) is 36.9 Å². The molecule has 2 rings (SSSR count). The maximum absolute atomic E-state index is 11.9. The number of carbonyl (C=O) groups excluding carboxylic acids is 1. The van der Waals surface area contributed by atoms with E-state index < -0.39 is 17.8 Å². The molecule has 0 spiro atoms. The Balaban J connectivity index is 2.01. The van der Waals surface area contributed by atoms with Gasteiger partial charge in [-0.05, 0) is 18.6 Å². The fraction of sp³-hybridized carbons (Fsp3) is 0.286. The van der Waals surface area contributed by atoms with Gasteiger partial charge in [-0.25, -0.2) is 0 Å². The molecule has 4 nitrogen and oxygen atoms in total. The van der Waals surface area contributed by atoms with Crippen LogP contribution >= 0.6 is 11.8 Å². The van der Waals surface area contributed by atoms with Crippen LogP contribution in [0.5, 0.6) is 0 Å².